The lowest BCUT2D eigenvalue weighted by atomic mass is 10.2. The van der Waals surface area contributed by atoms with Crippen LogP contribution < -0.4 is 5.73 Å². The predicted octanol–water partition coefficient (Wildman–Crippen LogP) is 1.61. The number of nitrogens with two attached hydrogens (primary N) is 1. The number of hydrogen-bond acceptors (Lipinski definition) is 2. The second kappa shape index (κ2) is 3.78. The molecular formula is C10H9F2N3. The molecule has 0 unspecified atom stereocenters. The van der Waals surface area contributed by atoms with Crippen molar-refractivity contribution in [2.24, 2.45) is 5.73 Å². The van der Waals surface area contributed by atoms with Crippen LogP contribution in [0, 0.1) is 11.6 Å². The summed E-state index contributed by atoms with van der Waals surface area (Å²) in [5.74, 6) is -1.33. The van der Waals surface area contributed by atoms with E-state index in [2.05, 4.69) is 5.10 Å². The second-order valence-electron chi connectivity index (χ2n) is 3.06. The fourth-order valence-corrected chi connectivity index (χ4v) is 1.36. The minimum absolute atomic E-state index is 0.104. The van der Waals surface area contributed by atoms with Gasteiger partial charge in [-0.3, -0.25) is 0 Å². The van der Waals surface area contributed by atoms with Crippen molar-refractivity contribution in [2.45, 2.75) is 6.54 Å². The molecular weight excluding hydrogens is 200 g/mol. The minimum Gasteiger partial charge on any atom is -0.326 e. The van der Waals surface area contributed by atoms with Crippen molar-refractivity contribution < 1.29 is 8.78 Å². The molecule has 2 N–H and O–H groups in total. The van der Waals surface area contributed by atoms with Gasteiger partial charge in [0.25, 0.3) is 0 Å². The van der Waals surface area contributed by atoms with Gasteiger partial charge in [0.05, 0.1) is 0 Å². The van der Waals surface area contributed by atoms with Gasteiger partial charge in [0.1, 0.15) is 5.69 Å². The van der Waals surface area contributed by atoms with Crippen molar-refractivity contribution in [3.8, 4) is 5.69 Å². The average Bonchev–Trinajstić information content (AvgIpc) is 2.69. The fourth-order valence-electron chi connectivity index (χ4n) is 1.36. The summed E-state index contributed by atoms with van der Waals surface area (Å²) in [6.45, 7) is 0.104. The third kappa shape index (κ3) is 1.73. The highest BCUT2D eigenvalue weighted by Crippen LogP contribution is 2.18. The monoisotopic (exact) mass is 209 g/mol. The van der Waals surface area contributed by atoms with Crippen LogP contribution in [0.25, 0.3) is 5.69 Å². The molecule has 0 atom stereocenters. The molecule has 0 fully saturated rings. The standard InChI is InChI=1S/C10H9F2N3/c11-8-4-7(6-13)5-9(12)10(8)15-3-1-2-14-15/h1-5H,6,13H2. The van der Waals surface area contributed by atoms with Gasteiger partial charge in [-0.2, -0.15) is 5.10 Å². The fraction of sp³-hybridized carbons (Fsp3) is 0.100. The molecule has 2 aromatic rings. The van der Waals surface area contributed by atoms with Gasteiger partial charge in [-0.25, -0.2) is 13.5 Å². The summed E-state index contributed by atoms with van der Waals surface area (Å²) in [6.07, 6.45) is 2.93. The largest absolute Gasteiger partial charge is 0.326 e. The topological polar surface area (TPSA) is 43.8 Å². The van der Waals surface area contributed by atoms with Crippen molar-refractivity contribution >= 4 is 0 Å². The summed E-state index contributed by atoms with van der Waals surface area (Å²) < 4.78 is 28.2. The van der Waals surface area contributed by atoms with E-state index in [1.807, 2.05) is 0 Å². The van der Waals surface area contributed by atoms with Gasteiger partial charge in [-0.15, -0.1) is 0 Å². The van der Waals surface area contributed by atoms with E-state index >= 15 is 0 Å². The van der Waals surface area contributed by atoms with E-state index in [9.17, 15) is 8.78 Å². The van der Waals surface area contributed by atoms with E-state index < -0.39 is 11.6 Å². The summed E-state index contributed by atoms with van der Waals surface area (Å²) in [6, 6.07) is 4.01. The molecule has 0 radical (unpaired) electrons. The van der Waals surface area contributed by atoms with Crippen LogP contribution >= 0.6 is 0 Å². The number of rotatable bonds is 2. The van der Waals surface area contributed by atoms with Crippen LogP contribution in [0.1, 0.15) is 5.56 Å². The van der Waals surface area contributed by atoms with E-state index in [-0.39, 0.29) is 12.2 Å². The van der Waals surface area contributed by atoms with Gasteiger partial charge in [0.15, 0.2) is 11.6 Å². The Hall–Kier alpha value is -1.75. The third-order valence-corrected chi connectivity index (χ3v) is 2.05. The van der Waals surface area contributed by atoms with Gasteiger partial charge < -0.3 is 5.73 Å². The molecule has 1 heterocycles. The van der Waals surface area contributed by atoms with E-state index in [4.69, 9.17) is 5.73 Å². The molecule has 0 aliphatic heterocycles. The van der Waals surface area contributed by atoms with E-state index in [1.165, 1.54) is 24.5 Å². The summed E-state index contributed by atoms with van der Waals surface area (Å²) in [5, 5.41) is 3.77. The highest BCUT2D eigenvalue weighted by Gasteiger charge is 2.12. The zero-order valence-corrected chi connectivity index (χ0v) is 7.82. The van der Waals surface area contributed by atoms with Crippen LogP contribution in [0.5, 0.6) is 0 Å². The molecule has 5 heteroatoms. The summed E-state index contributed by atoms with van der Waals surface area (Å²) in [7, 11) is 0. The third-order valence-electron chi connectivity index (χ3n) is 2.05. The molecule has 0 aliphatic carbocycles. The summed E-state index contributed by atoms with van der Waals surface area (Å²) in [4.78, 5) is 0. The lowest BCUT2D eigenvalue weighted by Gasteiger charge is -2.06. The van der Waals surface area contributed by atoms with Gasteiger partial charge in [-0.05, 0) is 23.8 Å². The van der Waals surface area contributed by atoms with Crippen LogP contribution in [0.4, 0.5) is 8.78 Å². The Morgan fingerprint density at radius 1 is 1.27 bits per heavy atom. The van der Waals surface area contributed by atoms with Crippen molar-refractivity contribution in [3.63, 3.8) is 0 Å². The Labute approximate surface area is 85.1 Å². The average molecular weight is 209 g/mol. The molecule has 0 spiro atoms. The van der Waals surface area contributed by atoms with Crippen molar-refractivity contribution in [3.05, 3.63) is 47.8 Å². The van der Waals surface area contributed by atoms with Crippen LogP contribution in [0.3, 0.4) is 0 Å². The minimum atomic E-state index is -0.667. The molecule has 78 valence electrons. The van der Waals surface area contributed by atoms with Gasteiger partial charge in [0.2, 0.25) is 0 Å². The number of hydrogen-bond donors (Lipinski definition) is 1. The molecule has 0 saturated heterocycles. The molecule has 1 aromatic heterocycles. The Morgan fingerprint density at radius 2 is 1.93 bits per heavy atom. The smallest absolute Gasteiger partial charge is 0.152 e. The zero-order valence-electron chi connectivity index (χ0n) is 7.82. The summed E-state index contributed by atoms with van der Waals surface area (Å²) in [5.41, 5.74) is 5.53. The highest BCUT2D eigenvalue weighted by atomic mass is 19.1. The highest BCUT2D eigenvalue weighted by molar-refractivity contribution is 5.37. The maximum atomic E-state index is 13.5. The lowest BCUT2D eigenvalue weighted by Crippen LogP contribution is -2.05. The number of aromatic nitrogens is 2. The van der Waals surface area contributed by atoms with Crippen molar-refractivity contribution in [1.82, 2.24) is 9.78 Å². The van der Waals surface area contributed by atoms with Crippen LogP contribution in [-0.4, -0.2) is 9.78 Å². The molecule has 15 heavy (non-hydrogen) atoms. The Bertz CT molecular complexity index is 443. The van der Waals surface area contributed by atoms with Crippen LogP contribution in [0.15, 0.2) is 30.6 Å². The van der Waals surface area contributed by atoms with Gasteiger partial charge in [-0.1, -0.05) is 0 Å². The molecule has 2 rings (SSSR count). The number of nitrogens with zero attached hydrogens (tertiary/aromatic N) is 2. The number of halogens is 2. The zero-order chi connectivity index (χ0) is 10.8. The van der Waals surface area contributed by atoms with Crippen LogP contribution in [0.2, 0.25) is 0 Å². The second-order valence-corrected chi connectivity index (χ2v) is 3.06. The first-order valence-electron chi connectivity index (χ1n) is 4.40. The van der Waals surface area contributed by atoms with Gasteiger partial charge in [0, 0.05) is 18.9 Å². The SMILES string of the molecule is NCc1cc(F)c(-n2cccn2)c(F)c1. The summed E-state index contributed by atoms with van der Waals surface area (Å²) >= 11 is 0. The maximum Gasteiger partial charge on any atom is 0.152 e. The van der Waals surface area contributed by atoms with E-state index in [0.29, 0.717) is 5.56 Å². The lowest BCUT2D eigenvalue weighted by molar-refractivity contribution is 0.557. The first-order chi connectivity index (χ1) is 7.22. The first kappa shape index (κ1) is 9.79. The Balaban J connectivity index is 2.58. The normalized spacial score (nSPS) is 10.6. The maximum absolute atomic E-state index is 13.5. The quantitative estimate of drug-likeness (QED) is 0.816. The molecule has 3 nitrogen and oxygen atoms in total. The molecule has 0 aliphatic rings. The van der Waals surface area contributed by atoms with E-state index in [0.717, 1.165) is 4.68 Å². The van der Waals surface area contributed by atoms with Crippen molar-refractivity contribution in [2.75, 3.05) is 0 Å². The Morgan fingerprint density at radius 3 is 2.40 bits per heavy atom. The molecule has 0 bridgehead atoms. The number of benzene rings is 1. The first-order valence-corrected chi connectivity index (χ1v) is 4.40. The predicted molar refractivity (Wildman–Crippen MR) is 51.4 cm³/mol. The molecule has 1 aromatic carbocycles. The Kier molecular flexibility index (Phi) is 2.47. The molecule has 0 amide bonds. The molecule has 0 saturated carbocycles. The van der Waals surface area contributed by atoms with Crippen molar-refractivity contribution in [1.29, 1.82) is 0 Å². The van der Waals surface area contributed by atoms with Gasteiger partial charge >= 0.3 is 0 Å². The van der Waals surface area contributed by atoms with E-state index in [1.54, 1.807) is 6.07 Å². The van der Waals surface area contributed by atoms with Crippen LogP contribution in [-0.2, 0) is 6.54 Å².